The Hall–Kier alpha value is -3.71. The lowest BCUT2D eigenvalue weighted by Gasteiger charge is -2.32. The van der Waals surface area contributed by atoms with Crippen molar-refractivity contribution in [1.29, 1.82) is 0 Å². The Morgan fingerprint density at radius 2 is 1.74 bits per heavy atom. The van der Waals surface area contributed by atoms with E-state index < -0.39 is 0 Å². The molecule has 174 valence electrons. The van der Waals surface area contributed by atoms with Gasteiger partial charge in [0, 0.05) is 25.2 Å². The zero-order chi connectivity index (χ0) is 23.3. The van der Waals surface area contributed by atoms with Gasteiger partial charge in [-0.05, 0) is 61.7 Å². The van der Waals surface area contributed by atoms with Gasteiger partial charge in [-0.2, -0.15) is 0 Å². The zero-order valence-corrected chi connectivity index (χ0v) is 19.0. The molecule has 5 rings (SSSR count). The summed E-state index contributed by atoms with van der Waals surface area (Å²) in [5.74, 6) is 2.34. The van der Waals surface area contributed by atoms with Gasteiger partial charge in [0.25, 0.3) is 5.69 Å². The maximum absolute atomic E-state index is 11.1. The molecule has 7 heteroatoms. The molecular weight excluding hydrogens is 428 g/mol. The largest absolute Gasteiger partial charge is 0.486 e. The Bertz CT molecular complexity index is 1260. The standard InChI is InChI=1S/C27H28N4O3/c32-31(33)23-8-6-7-22(17-23)18-29-15-13-21(14-16-29)19-30-26-12-5-4-11-25(26)28-27(30)20-34-24-9-2-1-3-10-24/h1-12,17,21H,13-16,18-20H2. The summed E-state index contributed by atoms with van der Waals surface area (Å²) in [4.78, 5) is 18.0. The van der Waals surface area contributed by atoms with Crippen molar-refractivity contribution in [2.24, 2.45) is 5.92 Å². The van der Waals surface area contributed by atoms with Gasteiger partial charge in [0.1, 0.15) is 18.2 Å². The van der Waals surface area contributed by atoms with Crippen LogP contribution in [-0.4, -0.2) is 32.5 Å². The van der Waals surface area contributed by atoms with Crippen LogP contribution < -0.4 is 4.74 Å². The van der Waals surface area contributed by atoms with Gasteiger partial charge < -0.3 is 9.30 Å². The van der Waals surface area contributed by atoms with Gasteiger partial charge in [-0.25, -0.2) is 4.98 Å². The van der Waals surface area contributed by atoms with Crippen molar-refractivity contribution >= 4 is 16.7 Å². The third kappa shape index (κ3) is 5.10. The molecule has 0 bridgehead atoms. The minimum absolute atomic E-state index is 0.157. The Kier molecular flexibility index (Phi) is 6.53. The number of aromatic nitrogens is 2. The van der Waals surface area contributed by atoms with E-state index in [1.54, 1.807) is 18.2 Å². The number of nitro groups is 1. The lowest BCUT2D eigenvalue weighted by Crippen LogP contribution is -2.34. The third-order valence-corrected chi connectivity index (χ3v) is 6.52. The van der Waals surface area contributed by atoms with Crippen molar-refractivity contribution in [3.05, 3.63) is 100 Å². The second-order valence-corrected chi connectivity index (χ2v) is 8.88. The van der Waals surface area contributed by atoms with Crippen molar-refractivity contribution in [2.75, 3.05) is 13.1 Å². The molecule has 1 aromatic heterocycles. The Labute approximate surface area is 198 Å². The molecule has 1 saturated heterocycles. The predicted octanol–water partition coefficient (Wildman–Crippen LogP) is 5.44. The summed E-state index contributed by atoms with van der Waals surface area (Å²) < 4.78 is 8.34. The van der Waals surface area contributed by atoms with Gasteiger partial charge in [-0.1, -0.05) is 42.5 Å². The van der Waals surface area contributed by atoms with Gasteiger partial charge in [0.15, 0.2) is 0 Å². The second kappa shape index (κ2) is 10.1. The van der Waals surface area contributed by atoms with Crippen LogP contribution in [0.3, 0.4) is 0 Å². The molecule has 0 radical (unpaired) electrons. The molecule has 0 aliphatic carbocycles. The van der Waals surface area contributed by atoms with Crippen LogP contribution in [0.5, 0.6) is 5.75 Å². The van der Waals surface area contributed by atoms with Crippen LogP contribution >= 0.6 is 0 Å². The molecule has 3 aromatic carbocycles. The molecule has 7 nitrogen and oxygen atoms in total. The molecule has 0 N–H and O–H groups in total. The van der Waals surface area contributed by atoms with Gasteiger partial charge in [-0.3, -0.25) is 15.0 Å². The first-order chi connectivity index (χ1) is 16.7. The Balaban J connectivity index is 1.24. The number of benzene rings is 3. The number of likely N-dealkylation sites (tertiary alicyclic amines) is 1. The molecule has 34 heavy (non-hydrogen) atoms. The molecule has 0 spiro atoms. The third-order valence-electron chi connectivity index (χ3n) is 6.52. The fraction of sp³-hybridized carbons (Fsp3) is 0.296. The molecular formula is C27H28N4O3. The average Bonchev–Trinajstić information content (AvgIpc) is 3.22. The minimum atomic E-state index is -0.329. The number of imidazole rings is 1. The SMILES string of the molecule is O=[N+]([O-])c1cccc(CN2CCC(Cn3c(COc4ccccc4)nc4ccccc43)CC2)c1. The van der Waals surface area contributed by atoms with Crippen LogP contribution in [0.1, 0.15) is 24.2 Å². The summed E-state index contributed by atoms with van der Waals surface area (Å²) >= 11 is 0. The van der Waals surface area contributed by atoms with E-state index >= 15 is 0 Å². The topological polar surface area (TPSA) is 73.4 Å². The maximum atomic E-state index is 11.1. The second-order valence-electron chi connectivity index (χ2n) is 8.88. The van der Waals surface area contributed by atoms with E-state index in [-0.39, 0.29) is 10.6 Å². The van der Waals surface area contributed by atoms with Crippen LogP contribution in [0.2, 0.25) is 0 Å². The van der Waals surface area contributed by atoms with Gasteiger partial charge in [0.2, 0.25) is 0 Å². The maximum Gasteiger partial charge on any atom is 0.269 e. The van der Waals surface area contributed by atoms with E-state index in [2.05, 4.69) is 27.7 Å². The van der Waals surface area contributed by atoms with E-state index in [1.807, 2.05) is 42.5 Å². The van der Waals surface area contributed by atoms with Crippen LogP contribution in [-0.2, 0) is 19.7 Å². The normalized spacial score (nSPS) is 14.9. The van der Waals surface area contributed by atoms with E-state index in [0.29, 0.717) is 12.5 Å². The zero-order valence-electron chi connectivity index (χ0n) is 19.0. The van der Waals surface area contributed by atoms with E-state index in [4.69, 9.17) is 9.72 Å². The Morgan fingerprint density at radius 1 is 0.971 bits per heavy atom. The number of nitrogens with zero attached hydrogens (tertiary/aromatic N) is 4. The number of non-ortho nitro benzene ring substituents is 1. The number of ether oxygens (including phenoxy) is 1. The van der Waals surface area contributed by atoms with Crippen LogP contribution in [0.4, 0.5) is 5.69 Å². The summed E-state index contributed by atoms with van der Waals surface area (Å²) in [5, 5.41) is 11.1. The van der Waals surface area contributed by atoms with Crippen molar-refractivity contribution in [3.8, 4) is 5.75 Å². The fourth-order valence-corrected chi connectivity index (χ4v) is 4.72. The highest BCUT2D eigenvalue weighted by atomic mass is 16.6. The smallest absolute Gasteiger partial charge is 0.269 e. The van der Waals surface area contributed by atoms with Crippen molar-refractivity contribution in [1.82, 2.24) is 14.5 Å². The van der Waals surface area contributed by atoms with Crippen molar-refractivity contribution in [3.63, 3.8) is 0 Å². The molecule has 0 saturated carbocycles. The molecule has 4 aromatic rings. The van der Waals surface area contributed by atoms with Crippen LogP contribution in [0.25, 0.3) is 11.0 Å². The highest BCUT2D eigenvalue weighted by molar-refractivity contribution is 5.75. The number of hydrogen-bond acceptors (Lipinski definition) is 5. The first-order valence-electron chi connectivity index (χ1n) is 11.7. The van der Waals surface area contributed by atoms with Crippen molar-refractivity contribution in [2.45, 2.75) is 32.5 Å². The average molecular weight is 457 g/mol. The quantitative estimate of drug-likeness (QED) is 0.261. The van der Waals surface area contributed by atoms with Gasteiger partial charge in [-0.15, -0.1) is 0 Å². The lowest BCUT2D eigenvalue weighted by molar-refractivity contribution is -0.384. The number of hydrogen-bond donors (Lipinski definition) is 0. The summed E-state index contributed by atoms with van der Waals surface area (Å²) in [6, 6.07) is 25.1. The van der Waals surface area contributed by atoms with Gasteiger partial charge >= 0.3 is 0 Å². The summed E-state index contributed by atoms with van der Waals surface area (Å²) in [6.45, 7) is 4.06. The molecule has 0 unspecified atom stereocenters. The monoisotopic (exact) mass is 456 g/mol. The van der Waals surface area contributed by atoms with Crippen molar-refractivity contribution < 1.29 is 9.66 Å². The molecule has 1 aliphatic heterocycles. The Morgan fingerprint density at radius 3 is 2.53 bits per heavy atom. The first kappa shape index (κ1) is 22.1. The van der Waals surface area contributed by atoms with E-state index in [1.165, 1.54) is 0 Å². The number of piperidine rings is 1. The highest BCUT2D eigenvalue weighted by Gasteiger charge is 2.22. The number of fused-ring (bicyclic) bond motifs is 1. The highest BCUT2D eigenvalue weighted by Crippen LogP contribution is 2.26. The number of para-hydroxylation sites is 3. The lowest BCUT2D eigenvalue weighted by atomic mass is 9.96. The van der Waals surface area contributed by atoms with Gasteiger partial charge in [0.05, 0.1) is 16.0 Å². The number of nitro benzene ring substituents is 1. The molecule has 2 heterocycles. The van der Waals surface area contributed by atoms with Crippen LogP contribution in [0.15, 0.2) is 78.9 Å². The fourth-order valence-electron chi connectivity index (χ4n) is 4.72. The number of rotatable bonds is 8. The summed E-state index contributed by atoms with van der Waals surface area (Å²) in [7, 11) is 0. The minimum Gasteiger partial charge on any atom is -0.486 e. The molecule has 1 aliphatic rings. The van der Waals surface area contributed by atoms with E-state index in [0.717, 1.165) is 67.2 Å². The molecule has 0 amide bonds. The first-order valence-corrected chi connectivity index (χ1v) is 11.7. The molecule has 0 atom stereocenters. The van der Waals surface area contributed by atoms with E-state index in [9.17, 15) is 10.1 Å². The van der Waals surface area contributed by atoms with Crippen LogP contribution in [0, 0.1) is 16.0 Å². The summed E-state index contributed by atoms with van der Waals surface area (Å²) in [5.41, 5.74) is 3.30. The predicted molar refractivity (Wildman–Crippen MR) is 132 cm³/mol. The summed E-state index contributed by atoms with van der Waals surface area (Å²) in [6.07, 6.45) is 2.17. The molecule has 1 fully saturated rings.